The van der Waals surface area contributed by atoms with Crippen molar-refractivity contribution in [1.82, 2.24) is 19.4 Å². The first-order valence-corrected chi connectivity index (χ1v) is 14.1. The number of anilines is 1. The summed E-state index contributed by atoms with van der Waals surface area (Å²) < 4.78 is 32.2. The number of pyridine rings is 1. The molecule has 0 saturated carbocycles. The maximum Gasteiger partial charge on any atom is 0.355 e. The minimum absolute atomic E-state index is 0.00624. The number of rotatable bonds is 6. The van der Waals surface area contributed by atoms with E-state index in [-0.39, 0.29) is 40.6 Å². The van der Waals surface area contributed by atoms with Crippen LogP contribution < -0.4 is 10.6 Å². The molecular formula is C31H34F2N6O3. The second-order valence-corrected chi connectivity index (χ2v) is 10.9. The van der Waals surface area contributed by atoms with Gasteiger partial charge in [0.2, 0.25) is 5.91 Å². The first kappa shape index (κ1) is 29.1. The van der Waals surface area contributed by atoms with E-state index in [1.165, 1.54) is 28.8 Å². The lowest BCUT2D eigenvalue weighted by Crippen LogP contribution is -2.54. The van der Waals surface area contributed by atoms with Crippen LogP contribution in [0.3, 0.4) is 0 Å². The normalized spacial score (nSPS) is 20.9. The van der Waals surface area contributed by atoms with Crippen molar-refractivity contribution in [3.8, 4) is 17.0 Å². The number of phenols is 1. The first-order valence-electron chi connectivity index (χ1n) is 14.1. The molecule has 9 nitrogen and oxygen atoms in total. The Morgan fingerprint density at radius 1 is 1.17 bits per heavy atom. The van der Waals surface area contributed by atoms with E-state index >= 15 is 4.39 Å². The highest BCUT2D eigenvalue weighted by Gasteiger charge is 2.33. The maximum absolute atomic E-state index is 15.9. The number of carbonyl (C=O) groups excluding carboxylic acids is 1. The molecule has 3 aromatic rings. The molecule has 2 aliphatic heterocycles. The Balaban J connectivity index is 1.82. The molecule has 42 heavy (non-hydrogen) atoms. The Hall–Kier alpha value is -4.41. The van der Waals surface area contributed by atoms with Gasteiger partial charge in [-0.05, 0) is 43.5 Å². The van der Waals surface area contributed by atoms with Crippen LogP contribution in [-0.4, -0.2) is 62.3 Å². The predicted octanol–water partition coefficient (Wildman–Crippen LogP) is 4.99. The number of benzene rings is 1. The molecule has 11 heteroatoms. The molecule has 1 amide bonds. The fraction of sp³-hybridized carbons (Fsp3) is 0.387. The number of hydrogen-bond acceptors (Lipinski definition) is 7. The molecule has 2 aliphatic rings. The summed E-state index contributed by atoms with van der Waals surface area (Å²) in [7, 11) is 0. The summed E-state index contributed by atoms with van der Waals surface area (Å²) in [6.07, 6.45) is 4.48. The van der Waals surface area contributed by atoms with E-state index in [4.69, 9.17) is 0 Å². The van der Waals surface area contributed by atoms with Gasteiger partial charge in [0, 0.05) is 37.8 Å². The van der Waals surface area contributed by atoms with Gasteiger partial charge in [0.05, 0.1) is 22.3 Å². The number of carbonyl (C=O) groups is 1. The zero-order valence-electron chi connectivity index (χ0n) is 24.1. The van der Waals surface area contributed by atoms with Gasteiger partial charge in [-0.3, -0.25) is 9.79 Å². The van der Waals surface area contributed by atoms with Crippen molar-refractivity contribution < 1.29 is 18.7 Å². The molecule has 0 bridgehead atoms. The van der Waals surface area contributed by atoms with E-state index < -0.39 is 34.3 Å². The SMILES string of the molecule is C=CC(=O)N1CCN(c2nc(=O)n(C3=C(CCC)N=CC(C)[C@@H]3C)c3nc(-c4c(O)cccc4F)c(F)cc23)[C@@H](C)C1. The molecule has 220 valence electrons. The number of aliphatic imine (C=N–C) groups is 1. The van der Waals surface area contributed by atoms with Gasteiger partial charge in [0.25, 0.3) is 0 Å². The summed E-state index contributed by atoms with van der Waals surface area (Å²) in [5.74, 6) is -2.34. The van der Waals surface area contributed by atoms with Gasteiger partial charge < -0.3 is 14.9 Å². The molecular weight excluding hydrogens is 542 g/mol. The Morgan fingerprint density at radius 2 is 1.93 bits per heavy atom. The third kappa shape index (κ3) is 4.97. The predicted molar refractivity (Wildman–Crippen MR) is 159 cm³/mol. The zero-order valence-corrected chi connectivity index (χ0v) is 24.1. The number of amides is 1. The van der Waals surface area contributed by atoms with E-state index in [1.807, 2.05) is 38.8 Å². The van der Waals surface area contributed by atoms with Gasteiger partial charge >= 0.3 is 5.69 Å². The van der Waals surface area contributed by atoms with Crippen LogP contribution in [0.4, 0.5) is 14.6 Å². The maximum atomic E-state index is 15.9. The second kappa shape index (κ2) is 11.5. The van der Waals surface area contributed by atoms with Crippen LogP contribution in [-0.2, 0) is 4.79 Å². The van der Waals surface area contributed by atoms with Crippen molar-refractivity contribution >= 4 is 34.7 Å². The molecule has 1 fully saturated rings. The molecule has 0 radical (unpaired) electrons. The summed E-state index contributed by atoms with van der Waals surface area (Å²) in [5, 5.41) is 10.7. The summed E-state index contributed by atoms with van der Waals surface area (Å²) >= 11 is 0. The Bertz CT molecular complexity index is 1680. The van der Waals surface area contributed by atoms with Crippen molar-refractivity contribution in [3.05, 3.63) is 64.7 Å². The van der Waals surface area contributed by atoms with Crippen molar-refractivity contribution in [2.24, 2.45) is 16.8 Å². The van der Waals surface area contributed by atoms with E-state index in [0.29, 0.717) is 37.4 Å². The molecule has 0 spiro atoms. The summed E-state index contributed by atoms with van der Waals surface area (Å²) in [6.45, 7) is 12.5. The number of aromatic hydroxyl groups is 1. The molecule has 1 N–H and O–H groups in total. The minimum atomic E-state index is -0.880. The highest BCUT2D eigenvalue weighted by atomic mass is 19.1. The van der Waals surface area contributed by atoms with Gasteiger partial charge in [-0.15, -0.1) is 0 Å². The average Bonchev–Trinajstić information content (AvgIpc) is 2.96. The first-order chi connectivity index (χ1) is 20.1. The van der Waals surface area contributed by atoms with Crippen LogP contribution in [0.1, 0.15) is 40.5 Å². The number of aromatic nitrogens is 3. The van der Waals surface area contributed by atoms with Gasteiger partial charge in [-0.2, -0.15) is 4.98 Å². The highest BCUT2D eigenvalue weighted by molar-refractivity contribution is 5.92. The molecule has 5 rings (SSSR count). The minimum Gasteiger partial charge on any atom is -0.507 e. The summed E-state index contributed by atoms with van der Waals surface area (Å²) in [5.41, 5.74) is -0.0523. The monoisotopic (exact) mass is 576 g/mol. The summed E-state index contributed by atoms with van der Waals surface area (Å²) in [4.78, 5) is 43.4. The number of nitrogens with zero attached hydrogens (tertiary/aromatic N) is 6. The lowest BCUT2D eigenvalue weighted by Gasteiger charge is -2.40. The second-order valence-electron chi connectivity index (χ2n) is 10.9. The van der Waals surface area contributed by atoms with Crippen LogP contribution in [0, 0.1) is 23.5 Å². The average molecular weight is 577 g/mol. The largest absolute Gasteiger partial charge is 0.507 e. The van der Waals surface area contributed by atoms with Crippen LogP contribution in [0.5, 0.6) is 5.75 Å². The van der Waals surface area contributed by atoms with E-state index in [1.54, 1.807) is 4.90 Å². The fourth-order valence-electron chi connectivity index (χ4n) is 5.74. The third-order valence-electron chi connectivity index (χ3n) is 8.12. The van der Waals surface area contributed by atoms with E-state index in [0.717, 1.165) is 12.5 Å². The molecule has 4 heterocycles. The van der Waals surface area contributed by atoms with Gasteiger partial charge in [-0.1, -0.05) is 39.8 Å². The number of phenolic OH excluding ortho intramolecular Hbond substituents is 1. The Kier molecular flexibility index (Phi) is 7.94. The van der Waals surface area contributed by atoms with E-state index in [9.17, 15) is 19.1 Å². The fourth-order valence-corrected chi connectivity index (χ4v) is 5.74. The van der Waals surface area contributed by atoms with Crippen LogP contribution in [0.15, 0.2) is 52.4 Å². The molecule has 3 atom stereocenters. The molecule has 1 saturated heterocycles. The van der Waals surface area contributed by atoms with Crippen LogP contribution in [0.25, 0.3) is 28.0 Å². The van der Waals surface area contributed by atoms with Crippen molar-refractivity contribution in [2.75, 3.05) is 24.5 Å². The third-order valence-corrected chi connectivity index (χ3v) is 8.12. The smallest absolute Gasteiger partial charge is 0.355 e. The lowest BCUT2D eigenvalue weighted by molar-refractivity contribution is -0.126. The number of piperazine rings is 1. The highest BCUT2D eigenvalue weighted by Crippen LogP contribution is 2.38. The Morgan fingerprint density at radius 3 is 2.60 bits per heavy atom. The van der Waals surface area contributed by atoms with Crippen molar-refractivity contribution in [3.63, 3.8) is 0 Å². The van der Waals surface area contributed by atoms with Crippen molar-refractivity contribution in [2.45, 2.75) is 46.6 Å². The number of fused-ring (bicyclic) bond motifs is 1. The molecule has 1 unspecified atom stereocenters. The number of halogens is 2. The van der Waals surface area contributed by atoms with E-state index in [2.05, 4.69) is 21.5 Å². The molecule has 2 aromatic heterocycles. The topological polar surface area (TPSA) is 104 Å². The summed E-state index contributed by atoms with van der Waals surface area (Å²) in [6, 6.07) is 4.60. The number of hydrogen-bond donors (Lipinski definition) is 1. The van der Waals surface area contributed by atoms with Crippen molar-refractivity contribution in [1.29, 1.82) is 0 Å². The Labute approximate surface area is 242 Å². The lowest BCUT2D eigenvalue weighted by atomic mass is 9.89. The zero-order chi connectivity index (χ0) is 30.3. The van der Waals surface area contributed by atoms with Gasteiger partial charge in [0.15, 0.2) is 11.5 Å². The molecule has 1 aromatic carbocycles. The quantitative estimate of drug-likeness (QED) is 0.415. The van der Waals surface area contributed by atoms with Gasteiger partial charge in [0.1, 0.15) is 23.1 Å². The standard InChI is InChI=1S/C31H34F2N6O3/c1-6-9-23-28(19(5)17(3)15-34-23)39-30-20(14-22(33)27(35-30)26-21(32)10-8-11-24(26)40)29(36-31(39)42)38-13-12-37(16-18(38)4)25(41)7-2/h7-8,10-11,14-15,17-19,40H,2,6,9,12-13,16H2,1,3-5H3/t17?,18-,19-/m0/s1. The van der Waals surface area contributed by atoms with Crippen LogP contribution >= 0.6 is 0 Å². The molecule has 0 aliphatic carbocycles. The van der Waals surface area contributed by atoms with Crippen LogP contribution in [0.2, 0.25) is 0 Å². The van der Waals surface area contributed by atoms with Gasteiger partial charge in [-0.25, -0.2) is 23.1 Å². The number of allylic oxidation sites excluding steroid dienone is 2.